The fourth-order valence-corrected chi connectivity index (χ4v) is 3.27. The average Bonchev–Trinajstić information content (AvgIpc) is 2.97. The largest absolute Gasteiger partial charge is 0.488 e. The summed E-state index contributed by atoms with van der Waals surface area (Å²) in [6.45, 7) is 2.83. The quantitative estimate of drug-likeness (QED) is 0.730. The molecule has 1 aromatic carbocycles. The van der Waals surface area contributed by atoms with Crippen LogP contribution in [0.5, 0.6) is 5.75 Å². The minimum Gasteiger partial charge on any atom is -0.488 e. The van der Waals surface area contributed by atoms with Gasteiger partial charge in [-0.25, -0.2) is 4.79 Å². The Hall–Kier alpha value is -1.79. The van der Waals surface area contributed by atoms with Crippen LogP contribution in [0.15, 0.2) is 30.3 Å². The summed E-state index contributed by atoms with van der Waals surface area (Å²) in [6.07, 6.45) is 2.11. The smallest absolute Gasteiger partial charge is 0.317 e. The molecule has 3 rings (SSSR count). The molecular weight excluding hydrogens is 294 g/mol. The van der Waals surface area contributed by atoms with Gasteiger partial charge in [-0.1, -0.05) is 18.2 Å². The van der Waals surface area contributed by atoms with Crippen molar-refractivity contribution in [2.24, 2.45) is 0 Å². The summed E-state index contributed by atoms with van der Waals surface area (Å²) in [6, 6.07) is 9.65. The second-order valence-corrected chi connectivity index (χ2v) is 6.17. The van der Waals surface area contributed by atoms with E-state index in [2.05, 4.69) is 10.6 Å². The van der Waals surface area contributed by atoms with Gasteiger partial charge in [0, 0.05) is 32.2 Å². The number of benzene rings is 1. The predicted molar refractivity (Wildman–Crippen MR) is 87.5 cm³/mol. The van der Waals surface area contributed by atoms with Crippen LogP contribution in [0.4, 0.5) is 4.79 Å². The standard InChI is InChI=1S/C17H25N3O3/c21-16-14(18-9-11-20-12-10-19-17(20)22)7-4-8-15(16)23-13-5-2-1-3-6-13/h1-3,5-6,14-16,18,21H,4,7-12H2,(H,19,22)/t14-,15+,16+/m0/s1. The molecule has 6 nitrogen and oxygen atoms in total. The van der Waals surface area contributed by atoms with Crippen LogP contribution in [0, 0.1) is 0 Å². The molecule has 2 fully saturated rings. The van der Waals surface area contributed by atoms with Crippen LogP contribution in [0.1, 0.15) is 19.3 Å². The van der Waals surface area contributed by atoms with Gasteiger partial charge in [0.25, 0.3) is 0 Å². The van der Waals surface area contributed by atoms with E-state index < -0.39 is 6.10 Å². The number of nitrogens with one attached hydrogen (secondary N) is 2. The number of carbonyl (C=O) groups is 1. The number of nitrogens with zero attached hydrogens (tertiary/aromatic N) is 1. The van der Waals surface area contributed by atoms with E-state index in [-0.39, 0.29) is 18.2 Å². The van der Waals surface area contributed by atoms with Crippen molar-refractivity contribution >= 4 is 6.03 Å². The monoisotopic (exact) mass is 319 g/mol. The Balaban J connectivity index is 1.47. The van der Waals surface area contributed by atoms with Crippen molar-refractivity contribution in [1.82, 2.24) is 15.5 Å². The fraction of sp³-hybridized carbons (Fsp3) is 0.588. The number of hydrogen-bond acceptors (Lipinski definition) is 4. The number of rotatable bonds is 6. The molecule has 0 bridgehead atoms. The minimum absolute atomic E-state index is 0.00119. The third-order valence-corrected chi connectivity index (χ3v) is 4.56. The second-order valence-electron chi connectivity index (χ2n) is 6.17. The molecule has 1 aliphatic carbocycles. The summed E-state index contributed by atoms with van der Waals surface area (Å²) >= 11 is 0. The van der Waals surface area contributed by atoms with Crippen molar-refractivity contribution in [2.45, 2.75) is 37.5 Å². The molecule has 3 atom stereocenters. The number of carbonyl (C=O) groups excluding carboxylic acids is 1. The van der Waals surface area contributed by atoms with Crippen LogP contribution >= 0.6 is 0 Å². The third-order valence-electron chi connectivity index (χ3n) is 4.56. The Morgan fingerprint density at radius 3 is 2.87 bits per heavy atom. The normalized spacial score (nSPS) is 27.8. The summed E-state index contributed by atoms with van der Waals surface area (Å²) in [4.78, 5) is 13.3. The van der Waals surface area contributed by atoms with Crippen LogP contribution in [0.2, 0.25) is 0 Å². The SMILES string of the molecule is O=C1NCCN1CCN[C@H]1CCC[C@@H](Oc2ccccc2)[C@@H]1O. The molecular formula is C17H25N3O3. The lowest BCUT2D eigenvalue weighted by Crippen LogP contribution is -2.52. The molecule has 6 heteroatoms. The molecule has 1 aliphatic heterocycles. The Labute approximate surface area is 136 Å². The van der Waals surface area contributed by atoms with Crippen molar-refractivity contribution in [3.05, 3.63) is 30.3 Å². The van der Waals surface area contributed by atoms with Crippen LogP contribution < -0.4 is 15.4 Å². The number of ether oxygens (including phenoxy) is 1. The molecule has 0 spiro atoms. The maximum Gasteiger partial charge on any atom is 0.317 e. The van der Waals surface area contributed by atoms with Crippen molar-refractivity contribution in [3.8, 4) is 5.75 Å². The van der Waals surface area contributed by atoms with Gasteiger partial charge in [0.2, 0.25) is 0 Å². The van der Waals surface area contributed by atoms with Crippen LogP contribution in [-0.4, -0.2) is 60.5 Å². The number of hydrogen-bond donors (Lipinski definition) is 3. The Kier molecular flexibility index (Phi) is 5.35. The third kappa shape index (κ3) is 4.14. The van der Waals surface area contributed by atoms with E-state index in [1.807, 2.05) is 30.3 Å². The van der Waals surface area contributed by atoms with Crippen molar-refractivity contribution in [1.29, 1.82) is 0 Å². The van der Waals surface area contributed by atoms with Gasteiger partial charge >= 0.3 is 6.03 Å². The molecule has 0 aromatic heterocycles. The van der Waals surface area contributed by atoms with Gasteiger partial charge in [-0.2, -0.15) is 0 Å². The first kappa shape index (κ1) is 16.1. The van der Waals surface area contributed by atoms with Crippen LogP contribution in [-0.2, 0) is 0 Å². The Bertz CT molecular complexity index is 511. The van der Waals surface area contributed by atoms with Crippen LogP contribution in [0.3, 0.4) is 0 Å². The predicted octanol–water partition coefficient (Wildman–Crippen LogP) is 0.962. The lowest BCUT2D eigenvalue weighted by atomic mass is 9.90. The molecule has 0 unspecified atom stereocenters. The fourth-order valence-electron chi connectivity index (χ4n) is 3.27. The van der Waals surface area contributed by atoms with Gasteiger partial charge in [-0.05, 0) is 31.4 Å². The van der Waals surface area contributed by atoms with E-state index >= 15 is 0 Å². The van der Waals surface area contributed by atoms with Crippen LogP contribution in [0.25, 0.3) is 0 Å². The summed E-state index contributed by atoms with van der Waals surface area (Å²) in [5, 5.41) is 16.7. The average molecular weight is 319 g/mol. The second kappa shape index (κ2) is 7.66. The van der Waals surface area contributed by atoms with Crippen molar-refractivity contribution in [2.75, 3.05) is 26.2 Å². The Morgan fingerprint density at radius 1 is 1.30 bits per heavy atom. The number of aliphatic hydroxyl groups excluding tert-OH is 1. The van der Waals surface area contributed by atoms with Gasteiger partial charge in [0.1, 0.15) is 18.0 Å². The molecule has 1 saturated heterocycles. The molecule has 2 amide bonds. The van der Waals surface area contributed by atoms with Gasteiger partial charge in [-0.3, -0.25) is 0 Å². The number of amides is 2. The minimum atomic E-state index is -0.531. The maximum absolute atomic E-state index is 11.5. The molecule has 3 N–H and O–H groups in total. The summed E-state index contributed by atoms with van der Waals surface area (Å²) in [5.41, 5.74) is 0. The maximum atomic E-state index is 11.5. The zero-order valence-electron chi connectivity index (χ0n) is 13.3. The zero-order chi connectivity index (χ0) is 16.1. The highest BCUT2D eigenvalue weighted by Gasteiger charge is 2.33. The highest BCUT2D eigenvalue weighted by atomic mass is 16.5. The summed E-state index contributed by atoms with van der Waals surface area (Å²) < 4.78 is 5.93. The van der Waals surface area contributed by atoms with Gasteiger partial charge in [0.15, 0.2) is 0 Å². The number of urea groups is 1. The molecule has 1 heterocycles. The molecule has 1 aromatic rings. The van der Waals surface area contributed by atoms with Gasteiger partial charge in [0.05, 0.1) is 0 Å². The van der Waals surface area contributed by atoms with E-state index in [4.69, 9.17) is 4.74 Å². The van der Waals surface area contributed by atoms with Crippen molar-refractivity contribution < 1.29 is 14.6 Å². The highest BCUT2D eigenvalue weighted by molar-refractivity contribution is 5.76. The number of para-hydroxylation sites is 1. The topological polar surface area (TPSA) is 73.8 Å². The molecule has 1 saturated carbocycles. The van der Waals surface area contributed by atoms with E-state index in [1.54, 1.807) is 4.90 Å². The molecule has 2 aliphatic rings. The lowest BCUT2D eigenvalue weighted by Gasteiger charge is -2.35. The highest BCUT2D eigenvalue weighted by Crippen LogP contribution is 2.24. The van der Waals surface area contributed by atoms with E-state index in [0.29, 0.717) is 13.1 Å². The molecule has 0 radical (unpaired) electrons. The number of aliphatic hydroxyl groups is 1. The zero-order valence-corrected chi connectivity index (χ0v) is 13.3. The first-order chi connectivity index (χ1) is 11.2. The summed E-state index contributed by atoms with van der Waals surface area (Å²) in [7, 11) is 0. The molecule has 23 heavy (non-hydrogen) atoms. The van der Waals surface area contributed by atoms with E-state index in [1.165, 1.54) is 0 Å². The van der Waals surface area contributed by atoms with E-state index in [9.17, 15) is 9.90 Å². The van der Waals surface area contributed by atoms with Gasteiger partial charge in [-0.15, -0.1) is 0 Å². The Morgan fingerprint density at radius 2 is 2.13 bits per heavy atom. The van der Waals surface area contributed by atoms with E-state index in [0.717, 1.165) is 38.1 Å². The van der Waals surface area contributed by atoms with Crippen molar-refractivity contribution in [3.63, 3.8) is 0 Å². The van der Waals surface area contributed by atoms with Gasteiger partial charge < -0.3 is 25.4 Å². The lowest BCUT2D eigenvalue weighted by molar-refractivity contribution is -0.0154. The molecule has 126 valence electrons. The first-order valence-corrected chi connectivity index (χ1v) is 8.40. The summed E-state index contributed by atoms with van der Waals surface area (Å²) in [5.74, 6) is 0.797. The first-order valence-electron chi connectivity index (χ1n) is 8.40.